The second-order valence-electron chi connectivity index (χ2n) is 5.90. The van der Waals surface area contributed by atoms with Crippen LogP contribution in [0.2, 0.25) is 0 Å². The lowest BCUT2D eigenvalue weighted by Gasteiger charge is -2.49. The van der Waals surface area contributed by atoms with Crippen molar-refractivity contribution < 1.29 is 8.42 Å². The van der Waals surface area contributed by atoms with Gasteiger partial charge in [-0.15, -0.1) is 0 Å². The number of hydrogen-bond acceptors (Lipinski definition) is 3. The van der Waals surface area contributed by atoms with Crippen LogP contribution < -0.4 is 5.32 Å². The van der Waals surface area contributed by atoms with Crippen LogP contribution in [0.1, 0.15) is 38.2 Å². The van der Waals surface area contributed by atoms with Gasteiger partial charge in [-0.3, -0.25) is 0 Å². The summed E-state index contributed by atoms with van der Waals surface area (Å²) in [6.45, 7) is 2.97. The molecule has 1 saturated carbocycles. The Morgan fingerprint density at radius 3 is 2.35 bits per heavy atom. The van der Waals surface area contributed by atoms with Crippen LogP contribution in [0.5, 0.6) is 0 Å². The Labute approximate surface area is 122 Å². The molecule has 1 N–H and O–H groups in total. The molecule has 0 heterocycles. The van der Waals surface area contributed by atoms with Crippen LogP contribution in [-0.4, -0.2) is 33.0 Å². The van der Waals surface area contributed by atoms with Gasteiger partial charge in [-0.05, 0) is 31.4 Å². The summed E-state index contributed by atoms with van der Waals surface area (Å²) in [4.78, 5) is 0. The van der Waals surface area contributed by atoms with Crippen molar-refractivity contribution in [3.8, 4) is 0 Å². The maximum Gasteiger partial charge on any atom is 0.147 e. The van der Waals surface area contributed by atoms with Gasteiger partial charge in [0.05, 0.1) is 5.75 Å². The standard InChI is InChI=1S/C16H25NO2S/c1-3-17-15(10-13-20(2,18)19)16(11-7-12-16)14-8-5-4-6-9-14/h4-6,8-9,15,17H,3,7,10-13H2,1-2H3. The van der Waals surface area contributed by atoms with Crippen LogP contribution in [0, 0.1) is 0 Å². The molecule has 1 unspecified atom stereocenters. The van der Waals surface area contributed by atoms with Crippen molar-refractivity contribution in [2.45, 2.75) is 44.1 Å². The van der Waals surface area contributed by atoms with Crippen molar-refractivity contribution in [3.63, 3.8) is 0 Å². The van der Waals surface area contributed by atoms with E-state index in [0.29, 0.717) is 6.42 Å². The van der Waals surface area contributed by atoms with E-state index in [1.54, 1.807) is 0 Å². The molecule has 0 aromatic heterocycles. The number of likely N-dealkylation sites (N-methyl/N-ethyl adjacent to an activating group) is 1. The zero-order valence-corrected chi connectivity index (χ0v) is 13.2. The SMILES string of the molecule is CCNC(CCS(C)(=O)=O)C1(c2ccccc2)CCC1. The number of rotatable bonds is 7. The lowest BCUT2D eigenvalue weighted by molar-refractivity contribution is 0.167. The Morgan fingerprint density at radius 2 is 1.90 bits per heavy atom. The first-order chi connectivity index (χ1) is 9.48. The van der Waals surface area contributed by atoms with Crippen LogP contribution in [-0.2, 0) is 15.3 Å². The second-order valence-corrected chi connectivity index (χ2v) is 8.16. The molecule has 1 aliphatic rings. The van der Waals surface area contributed by atoms with Gasteiger partial charge in [0.2, 0.25) is 0 Å². The summed E-state index contributed by atoms with van der Waals surface area (Å²) in [5.41, 5.74) is 1.48. The quantitative estimate of drug-likeness (QED) is 0.841. The summed E-state index contributed by atoms with van der Waals surface area (Å²) < 4.78 is 23.0. The molecule has 3 nitrogen and oxygen atoms in total. The Balaban J connectivity index is 2.21. The molecule has 0 aliphatic heterocycles. The molecule has 1 aromatic rings. The van der Waals surface area contributed by atoms with Crippen LogP contribution >= 0.6 is 0 Å². The van der Waals surface area contributed by atoms with Gasteiger partial charge in [0, 0.05) is 17.7 Å². The van der Waals surface area contributed by atoms with Gasteiger partial charge >= 0.3 is 0 Å². The molecule has 1 aliphatic carbocycles. The summed E-state index contributed by atoms with van der Waals surface area (Å²) in [5.74, 6) is 0.263. The Bertz CT molecular complexity index is 521. The highest BCUT2D eigenvalue weighted by molar-refractivity contribution is 7.90. The summed E-state index contributed by atoms with van der Waals surface area (Å²) in [5, 5.41) is 3.53. The van der Waals surface area contributed by atoms with E-state index in [0.717, 1.165) is 19.4 Å². The molecule has 4 heteroatoms. The van der Waals surface area contributed by atoms with Crippen molar-refractivity contribution in [2.24, 2.45) is 0 Å². The average molecular weight is 295 g/mol. The Morgan fingerprint density at radius 1 is 1.25 bits per heavy atom. The highest BCUT2D eigenvalue weighted by Gasteiger charge is 2.44. The van der Waals surface area contributed by atoms with Crippen LogP contribution in [0.25, 0.3) is 0 Å². The maximum absolute atomic E-state index is 11.5. The van der Waals surface area contributed by atoms with E-state index in [4.69, 9.17) is 0 Å². The fourth-order valence-corrected chi connectivity index (χ4v) is 3.98. The normalized spacial score (nSPS) is 19.3. The van der Waals surface area contributed by atoms with Gasteiger partial charge in [0.1, 0.15) is 9.84 Å². The molecule has 1 aromatic carbocycles. The largest absolute Gasteiger partial charge is 0.313 e. The minimum absolute atomic E-state index is 0.127. The smallest absolute Gasteiger partial charge is 0.147 e. The highest BCUT2D eigenvalue weighted by Crippen LogP contribution is 2.47. The topological polar surface area (TPSA) is 46.2 Å². The molecular weight excluding hydrogens is 270 g/mol. The van der Waals surface area contributed by atoms with Crippen LogP contribution in [0.4, 0.5) is 0 Å². The van der Waals surface area contributed by atoms with Crippen molar-refractivity contribution >= 4 is 9.84 Å². The first kappa shape index (κ1) is 15.5. The molecule has 20 heavy (non-hydrogen) atoms. The van der Waals surface area contributed by atoms with E-state index in [1.807, 2.05) is 6.07 Å². The van der Waals surface area contributed by atoms with E-state index in [1.165, 1.54) is 18.2 Å². The maximum atomic E-state index is 11.5. The van der Waals surface area contributed by atoms with E-state index in [-0.39, 0.29) is 17.2 Å². The summed E-state index contributed by atoms with van der Waals surface area (Å²) in [6, 6.07) is 10.8. The molecular formula is C16H25NO2S. The molecule has 0 radical (unpaired) electrons. The number of sulfone groups is 1. The van der Waals surface area contributed by atoms with Crippen molar-refractivity contribution in [1.29, 1.82) is 0 Å². The molecule has 2 rings (SSSR count). The number of hydrogen-bond donors (Lipinski definition) is 1. The predicted octanol–water partition coefficient (Wildman–Crippen LogP) is 2.52. The van der Waals surface area contributed by atoms with Crippen LogP contribution in [0.3, 0.4) is 0 Å². The monoisotopic (exact) mass is 295 g/mol. The zero-order chi connectivity index (χ0) is 14.6. The van der Waals surface area contributed by atoms with Gasteiger partial charge in [0.25, 0.3) is 0 Å². The number of nitrogens with one attached hydrogen (secondary N) is 1. The summed E-state index contributed by atoms with van der Waals surface area (Å²) in [6.07, 6.45) is 5.56. The van der Waals surface area contributed by atoms with E-state index in [2.05, 4.69) is 36.5 Å². The van der Waals surface area contributed by atoms with E-state index in [9.17, 15) is 8.42 Å². The minimum atomic E-state index is -2.90. The molecule has 1 fully saturated rings. The van der Waals surface area contributed by atoms with Crippen molar-refractivity contribution in [3.05, 3.63) is 35.9 Å². The molecule has 112 valence electrons. The molecule has 0 amide bonds. The zero-order valence-electron chi connectivity index (χ0n) is 12.4. The third-order valence-corrected chi connectivity index (χ3v) is 5.47. The van der Waals surface area contributed by atoms with Gasteiger partial charge in [-0.25, -0.2) is 8.42 Å². The fourth-order valence-electron chi connectivity index (χ4n) is 3.32. The van der Waals surface area contributed by atoms with E-state index < -0.39 is 9.84 Å². The lowest BCUT2D eigenvalue weighted by Crippen LogP contribution is -2.53. The lowest BCUT2D eigenvalue weighted by atomic mass is 9.59. The Kier molecular flexibility index (Phi) is 4.86. The molecule has 0 saturated heterocycles. The second kappa shape index (κ2) is 6.27. The van der Waals surface area contributed by atoms with Crippen molar-refractivity contribution in [1.82, 2.24) is 5.32 Å². The van der Waals surface area contributed by atoms with Gasteiger partial charge in [-0.2, -0.15) is 0 Å². The first-order valence-electron chi connectivity index (χ1n) is 7.44. The summed E-state index contributed by atoms with van der Waals surface area (Å²) >= 11 is 0. The number of benzene rings is 1. The van der Waals surface area contributed by atoms with Crippen LogP contribution in [0.15, 0.2) is 30.3 Å². The Hall–Kier alpha value is -0.870. The fraction of sp³-hybridized carbons (Fsp3) is 0.625. The predicted molar refractivity (Wildman–Crippen MR) is 83.8 cm³/mol. The third kappa shape index (κ3) is 3.41. The van der Waals surface area contributed by atoms with E-state index >= 15 is 0 Å². The minimum Gasteiger partial charge on any atom is -0.313 e. The van der Waals surface area contributed by atoms with Gasteiger partial charge in [0.15, 0.2) is 0 Å². The highest BCUT2D eigenvalue weighted by atomic mass is 32.2. The molecule has 0 bridgehead atoms. The summed E-state index contributed by atoms with van der Waals surface area (Å²) in [7, 11) is -2.90. The van der Waals surface area contributed by atoms with Gasteiger partial charge in [-0.1, -0.05) is 43.7 Å². The first-order valence-corrected chi connectivity index (χ1v) is 9.50. The third-order valence-electron chi connectivity index (χ3n) is 4.49. The molecule has 0 spiro atoms. The molecule has 1 atom stereocenters. The van der Waals surface area contributed by atoms with Crippen molar-refractivity contribution in [2.75, 3.05) is 18.6 Å². The average Bonchev–Trinajstić information content (AvgIpc) is 2.35. The van der Waals surface area contributed by atoms with Gasteiger partial charge < -0.3 is 5.32 Å².